The fourth-order valence-corrected chi connectivity index (χ4v) is 1.89. The third-order valence-corrected chi connectivity index (χ3v) is 2.34. The molecule has 0 aromatic heterocycles. The van der Waals surface area contributed by atoms with E-state index in [9.17, 15) is 4.89 Å². The summed E-state index contributed by atoms with van der Waals surface area (Å²) in [7, 11) is -1.76. The van der Waals surface area contributed by atoms with E-state index in [1.54, 1.807) is 0 Å². The highest BCUT2D eigenvalue weighted by molar-refractivity contribution is 7.43. The van der Waals surface area contributed by atoms with E-state index >= 15 is 0 Å². The topological polar surface area (TPSA) is 80.6 Å². The maximum Gasteiger partial charge on any atom is 0.286 e. The summed E-state index contributed by atoms with van der Waals surface area (Å²) in [6.45, 7) is 8.09. The van der Waals surface area contributed by atoms with E-state index in [2.05, 4.69) is 10.9 Å². The van der Waals surface area contributed by atoms with Crippen LogP contribution in [-0.2, 0) is 4.52 Å². The van der Waals surface area contributed by atoms with Crippen LogP contribution in [-0.4, -0.2) is 28.5 Å². The molecule has 0 rings (SSSR count). The molecule has 0 heterocycles. The van der Waals surface area contributed by atoms with Gasteiger partial charge in [0.05, 0.1) is 19.1 Å². The van der Waals surface area contributed by atoms with Crippen molar-refractivity contribution in [1.82, 2.24) is 15.7 Å². The van der Waals surface area contributed by atoms with Gasteiger partial charge < -0.3 is 9.42 Å². The molecule has 0 aromatic rings. The van der Waals surface area contributed by atoms with Crippen molar-refractivity contribution in [2.24, 2.45) is 0 Å². The standard InChI is InChI=1S/C9H21N4O2P/c1-8(2)11-13(12-9(3)4)16(14)15-7-5-6-10/h8-9,11-12,14H,5,7H2,1-4H3. The van der Waals surface area contributed by atoms with E-state index in [0.29, 0.717) is 0 Å². The first kappa shape index (κ1) is 15.7. The van der Waals surface area contributed by atoms with Crippen molar-refractivity contribution in [2.45, 2.75) is 46.2 Å². The lowest BCUT2D eigenvalue weighted by molar-refractivity contribution is 0.147. The van der Waals surface area contributed by atoms with Gasteiger partial charge in [-0.2, -0.15) is 5.26 Å². The molecule has 0 saturated carbocycles. The minimum absolute atomic E-state index is 0.183. The van der Waals surface area contributed by atoms with Gasteiger partial charge in [-0.25, -0.2) is 10.9 Å². The second-order valence-corrected chi connectivity index (χ2v) is 5.04. The van der Waals surface area contributed by atoms with Crippen molar-refractivity contribution in [3.63, 3.8) is 0 Å². The Bertz CT molecular complexity index is 210. The summed E-state index contributed by atoms with van der Waals surface area (Å²) in [6.07, 6.45) is 0.274. The van der Waals surface area contributed by atoms with Crippen molar-refractivity contribution < 1.29 is 9.42 Å². The summed E-state index contributed by atoms with van der Waals surface area (Å²) in [4.78, 5) is 11.2. The lowest BCUT2D eigenvalue weighted by Crippen LogP contribution is -2.50. The first-order valence-electron chi connectivity index (χ1n) is 5.28. The van der Waals surface area contributed by atoms with Gasteiger partial charge in [0.25, 0.3) is 8.53 Å². The van der Waals surface area contributed by atoms with E-state index in [4.69, 9.17) is 9.79 Å². The zero-order valence-electron chi connectivity index (χ0n) is 10.3. The van der Waals surface area contributed by atoms with Gasteiger partial charge in [0.2, 0.25) is 0 Å². The van der Waals surface area contributed by atoms with Crippen LogP contribution in [0.1, 0.15) is 34.1 Å². The van der Waals surface area contributed by atoms with Crippen LogP contribution in [0.15, 0.2) is 0 Å². The van der Waals surface area contributed by atoms with Gasteiger partial charge in [0.15, 0.2) is 0 Å². The molecule has 7 heteroatoms. The summed E-state index contributed by atoms with van der Waals surface area (Å²) in [6, 6.07) is 2.33. The Morgan fingerprint density at radius 1 is 1.31 bits per heavy atom. The Balaban J connectivity index is 4.10. The molecule has 0 saturated heterocycles. The van der Waals surface area contributed by atoms with Crippen molar-refractivity contribution in [3.05, 3.63) is 0 Å². The number of hydrogen-bond acceptors (Lipinski definition) is 6. The minimum Gasteiger partial charge on any atom is -0.336 e. The Kier molecular flexibility index (Phi) is 8.67. The molecule has 0 aliphatic carbocycles. The molecule has 0 radical (unpaired) electrons. The smallest absolute Gasteiger partial charge is 0.286 e. The predicted octanol–water partition coefficient (Wildman–Crippen LogP) is 1.26. The molecule has 0 amide bonds. The molecule has 0 aliphatic rings. The van der Waals surface area contributed by atoms with Crippen LogP contribution in [0.3, 0.4) is 0 Å². The van der Waals surface area contributed by atoms with Gasteiger partial charge in [-0.1, -0.05) is 0 Å². The zero-order chi connectivity index (χ0) is 12.6. The molecular formula is C9H21N4O2P. The second kappa shape index (κ2) is 8.82. The van der Waals surface area contributed by atoms with Crippen LogP contribution in [0.2, 0.25) is 0 Å². The van der Waals surface area contributed by atoms with E-state index in [-0.39, 0.29) is 25.1 Å². The van der Waals surface area contributed by atoms with Gasteiger partial charge in [-0.3, -0.25) is 0 Å². The average molecular weight is 248 g/mol. The van der Waals surface area contributed by atoms with Crippen molar-refractivity contribution >= 4 is 8.53 Å². The fourth-order valence-electron chi connectivity index (χ4n) is 0.856. The number of nitriles is 1. The summed E-state index contributed by atoms with van der Waals surface area (Å²) in [5.41, 5.74) is 6.06. The van der Waals surface area contributed by atoms with Gasteiger partial charge >= 0.3 is 0 Å². The van der Waals surface area contributed by atoms with Gasteiger partial charge in [-0.15, -0.1) is 4.89 Å². The number of nitrogens with zero attached hydrogens (tertiary/aromatic N) is 2. The minimum atomic E-state index is -1.76. The van der Waals surface area contributed by atoms with Crippen LogP contribution < -0.4 is 10.9 Å². The molecule has 1 atom stereocenters. The average Bonchev–Trinajstić information content (AvgIpc) is 2.15. The van der Waals surface area contributed by atoms with Crippen LogP contribution in [0.4, 0.5) is 0 Å². The molecule has 6 nitrogen and oxygen atoms in total. The van der Waals surface area contributed by atoms with E-state index in [1.165, 1.54) is 4.89 Å². The Morgan fingerprint density at radius 3 is 2.19 bits per heavy atom. The van der Waals surface area contributed by atoms with E-state index < -0.39 is 8.53 Å². The number of hydrogen-bond donors (Lipinski definition) is 3. The van der Waals surface area contributed by atoms with E-state index in [1.807, 2.05) is 33.8 Å². The van der Waals surface area contributed by atoms with Crippen LogP contribution in [0, 0.1) is 11.3 Å². The fraction of sp³-hybridized carbons (Fsp3) is 0.889. The first-order chi connectivity index (χ1) is 7.47. The summed E-state index contributed by atoms with van der Waals surface area (Å²) >= 11 is 0. The van der Waals surface area contributed by atoms with E-state index in [0.717, 1.165) is 0 Å². The molecule has 0 aliphatic heterocycles. The Hall–Kier alpha value is -0.280. The third-order valence-electron chi connectivity index (χ3n) is 1.35. The largest absolute Gasteiger partial charge is 0.336 e. The highest BCUT2D eigenvalue weighted by Crippen LogP contribution is 2.33. The van der Waals surface area contributed by atoms with Crippen molar-refractivity contribution in [1.29, 1.82) is 5.26 Å². The molecular weight excluding hydrogens is 227 g/mol. The molecule has 1 unspecified atom stereocenters. The van der Waals surface area contributed by atoms with Crippen LogP contribution in [0.25, 0.3) is 0 Å². The van der Waals surface area contributed by atoms with Gasteiger partial charge in [-0.05, 0) is 27.7 Å². The number of rotatable bonds is 8. The zero-order valence-corrected chi connectivity index (χ0v) is 11.2. The predicted molar refractivity (Wildman–Crippen MR) is 63.7 cm³/mol. The van der Waals surface area contributed by atoms with Crippen LogP contribution >= 0.6 is 8.53 Å². The van der Waals surface area contributed by atoms with Gasteiger partial charge in [0.1, 0.15) is 0 Å². The molecule has 0 spiro atoms. The molecule has 16 heavy (non-hydrogen) atoms. The van der Waals surface area contributed by atoms with Crippen molar-refractivity contribution in [2.75, 3.05) is 6.61 Å². The number of hydrazine groups is 2. The molecule has 3 N–H and O–H groups in total. The third kappa shape index (κ3) is 7.94. The molecule has 94 valence electrons. The van der Waals surface area contributed by atoms with Gasteiger partial charge in [0, 0.05) is 12.1 Å². The first-order valence-corrected chi connectivity index (χ1v) is 6.45. The summed E-state index contributed by atoms with van der Waals surface area (Å²) in [5, 5.41) is 8.36. The monoisotopic (exact) mass is 248 g/mol. The highest BCUT2D eigenvalue weighted by atomic mass is 31.2. The molecule has 0 bridgehead atoms. The maximum atomic E-state index is 9.77. The molecule has 0 aromatic carbocycles. The summed E-state index contributed by atoms with van der Waals surface area (Å²) < 4.78 is 5.15. The lowest BCUT2D eigenvalue weighted by Gasteiger charge is -2.30. The maximum absolute atomic E-state index is 9.77. The quantitative estimate of drug-likeness (QED) is 0.341. The normalized spacial score (nSPS) is 13.4. The lowest BCUT2D eigenvalue weighted by atomic mass is 10.4. The van der Waals surface area contributed by atoms with Crippen molar-refractivity contribution in [3.8, 4) is 6.07 Å². The Labute approximate surface area is 98.5 Å². The van der Waals surface area contributed by atoms with Crippen LogP contribution in [0.5, 0.6) is 0 Å². The highest BCUT2D eigenvalue weighted by Gasteiger charge is 2.19. The second-order valence-electron chi connectivity index (χ2n) is 3.87. The number of nitrogens with one attached hydrogen (secondary N) is 2. The molecule has 0 fully saturated rings. The summed E-state index contributed by atoms with van der Waals surface area (Å²) in [5.74, 6) is 0. The SMILES string of the molecule is CC(C)NN(NC(C)C)P(O)OCCC#N. The Morgan fingerprint density at radius 2 is 1.81 bits per heavy atom.